The zero-order chi connectivity index (χ0) is 20.3. The van der Waals surface area contributed by atoms with Crippen LogP contribution in [0.1, 0.15) is 51.0 Å². The molecule has 3 unspecified atom stereocenters. The molecule has 1 saturated heterocycles. The fraction of sp³-hybridized carbons (Fsp3) is 0.391. The maximum absolute atomic E-state index is 13.1. The summed E-state index contributed by atoms with van der Waals surface area (Å²) in [6, 6.07) is 13.4. The molecule has 5 nitrogen and oxygen atoms in total. The van der Waals surface area contributed by atoms with E-state index in [1.54, 1.807) is 24.3 Å². The van der Waals surface area contributed by atoms with Crippen molar-refractivity contribution in [3.05, 3.63) is 54.1 Å². The Kier molecular flexibility index (Phi) is 6.02. The third-order valence-electron chi connectivity index (χ3n) is 5.79. The van der Waals surface area contributed by atoms with Crippen molar-refractivity contribution in [2.24, 2.45) is 11.8 Å². The predicted molar refractivity (Wildman–Crippen MR) is 108 cm³/mol. The van der Waals surface area contributed by atoms with Gasteiger partial charge in [0.1, 0.15) is 11.5 Å². The summed E-state index contributed by atoms with van der Waals surface area (Å²) in [7, 11) is 0. The molecule has 1 aliphatic heterocycles. The molecule has 3 atom stereocenters. The molecule has 148 valence electrons. The van der Waals surface area contributed by atoms with Crippen LogP contribution in [0.15, 0.2) is 48.5 Å². The summed E-state index contributed by atoms with van der Waals surface area (Å²) in [5.74, 6) is -0.305. The normalized spacial score (nSPS) is 20.6. The van der Waals surface area contributed by atoms with E-state index in [0.29, 0.717) is 18.5 Å². The Labute approximate surface area is 165 Å². The lowest BCUT2D eigenvalue weighted by Gasteiger charge is -2.19. The van der Waals surface area contributed by atoms with E-state index in [-0.39, 0.29) is 41.1 Å². The highest BCUT2D eigenvalue weighted by molar-refractivity contribution is 6.22. The molecule has 2 aromatic rings. The summed E-state index contributed by atoms with van der Waals surface area (Å²) in [6.07, 6.45) is 3.01. The number of carbonyl (C=O) groups is 2. The molecule has 0 spiro atoms. The van der Waals surface area contributed by atoms with Gasteiger partial charge < -0.3 is 10.2 Å². The number of aromatic hydroxyl groups is 2. The third-order valence-corrected chi connectivity index (χ3v) is 5.79. The summed E-state index contributed by atoms with van der Waals surface area (Å²) in [5, 5.41) is 19.0. The van der Waals surface area contributed by atoms with E-state index in [0.717, 1.165) is 18.4 Å². The second-order valence-electron chi connectivity index (χ2n) is 7.42. The molecule has 2 aromatic carbocycles. The SMILES string of the molecule is CCC(CCC1C(=O)N(c2ccc(O)cc2)C(=O)C1CC)c1ccc(O)cc1. The van der Waals surface area contributed by atoms with Gasteiger partial charge in [0, 0.05) is 0 Å². The fourth-order valence-electron chi connectivity index (χ4n) is 4.16. The molecule has 0 saturated carbocycles. The molecule has 5 heteroatoms. The highest BCUT2D eigenvalue weighted by Gasteiger charge is 2.46. The Hall–Kier alpha value is -2.82. The van der Waals surface area contributed by atoms with Crippen molar-refractivity contribution in [3.8, 4) is 11.5 Å². The molecule has 0 radical (unpaired) electrons. The highest BCUT2D eigenvalue weighted by Crippen LogP contribution is 2.38. The first kappa shape index (κ1) is 19.9. The van der Waals surface area contributed by atoms with Crippen LogP contribution in [0.2, 0.25) is 0 Å². The van der Waals surface area contributed by atoms with Crippen LogP contribution >= 0.6 is 0 Å². The van der Waals surface area contributed by atoms with Crippen molar-refractivity contribution in [2.45, 2.75) is 45.4 Å². The lowest BCUT2D eigenvalue weighted by atomic mass is 9.83. The average Bonchev–Trinajstić information content (AvgIpc) is 2.93. The van der Waals surface area contributed by atoms with E-state index in [9.17, 15) is 19.8 Å². The number of anilines is 1. The molecule has 0 bridgehead atoms. The monoisotopic (exact) mass is 381 g/mol. The summed E-state index contributed by atoms with van der Waals surface area (Å²) < 4.78 is 0. The van der Waals surface area contributed by atoms with Crippen LogP contribution in [-0.2, 0) is 9.59 Å². The van der Waals surface area contributed by atoms with Crippen molar-refractivity contribution >= 4 is 17.5 Å². The first-order valence-electron chi connectivity index (χ1n) is 9.92. The first-order chi connectivity index (χ1) is 13.5. The molecule has 0 aliphatic carbocycles. The van der Waals surface area contributed by atoms with Crippen LogP contribution in [0.25, 0.3) is 0 Å². The number of phenolic OH excluding ortho intramolecular Hbond substituents is 2. The van der Waals surface area contributed by atoms with Crippen LogP contribution in [0.3, 0.4) is 0 Å². The standard InChI is InChI=1S/C23H27NO4/c1-3-15(16-5-10-18(25)11-6-16)7-14-21-20(4-2)22(27)24(23(21)28)17-8-12-19(26)13-9-17/h5-6,8-13,15,20-21,25-26H,3-4,7,14H2,1-2H3. The number of carbonyl (C=O) groups excluding carboxylic acids is 2. The van der Waals surface area contributed by atoms with E-state index in [1.807, 2.05) is 19.1 Å². The van der Waals surface area contributed by atoms with Gasteiger partial charge in [-0.3, -0.25) is 14.5 Å². The summed E-state index contributed by atoms with van der Waals surface area (Å²) in [5.41, 5.74) is 1.65. The topological polar surface area (TPSA) is 77.8 Å². The number of amides is 2. The van der Waals surface area contributed by atoms with E-state index >= 15 is 0 Å². The van der Waals surface area contributed by atoms with Gasteiger partial charge in [-0.25, -0.2) is 0 Å². The quantitative estimate of drug-likeness (QED) is 0.688. The lowest BCUT2D eigenvalue weighted by molar-refractivity contribution is -0.122. The molecule has 28 heavy (non-hydrogen) atoms. The Balaban J connectivity index is 1.76. The van der Waals surface area contributed by atoms with Gasteiger partial charge >= 0.3 is 0 Å². The number of nitrogens with zero attached hydrogens (tertiary/aromatic N) is 1. The molecule has 1 aliphatic rings. The zero-order valence-electron chi connectivity index (χ0n) is 16.3. The van der Waals surface area contributed by atoms with Gasteiger partial charge in [0.05, 0.1) is 17.5 Å². The van der Waals surface area contributed by atoms with Crippen LogP contribution in [0.5, 0.6) is 11.5 Å². The van der Waals surface area contributed by atoms with Crippen molar-refractivity contribution in [1.29, 1.82) is 0 Å². The maximum atomic E-state index is 13.1. The predicted octanol–water partition coefficient (Wildman–Crippen LogP) is 4.59. The van der Waals surface area contributed by atoms with Crippen molar-refractivity contribution in [3.63, 3.8) is 0 Å². The van der Waals surface area contributed by atoms with Gasteiger partial charge in [0.25, 0.3) is 0 Å². The van der Waals surface area contributed by atoms with Gasteiger partial charge in [-0.1, -0.05) is 26.0 Å². The molecular formula is C23H27NO4. The minimum absolute atomic E-state index is 0.103. The maximum Gasteiger partial charge on any atom is 0.237 e. The number of hydrogen-bond acceptors (Lipinski definition) is 4. The molecular weight excluding hydrogens is 354 g/mol. The average molecular weight is 381 g/mol. The van der Waals surface area contributed by atoms with Crippen LogP contribution in [0, 0.1) is 11.8 Å². The number of rotatable bonds is 7. The smallest absolute Gasteiger partial charge is 0.237 e. The largest absolute Gasteiger partial charge is 0.508 e. The number of imide groups is 1. The number of benzene rings is 2. The number of phenols is 2. The Morgan fingerprint density at radius 2 is 1.39 bits per heavy atom. The molecule has 2 amide bonds. The summed E-state index contributed by atoms with van der Waals surface area (Å²) in [6.45, 7) is 4.06. The minimum atomic E-state index is -0.322. The van der Waals surface area contributed by atoms with Crippen molar-refractivity contribution in [1.82, 2.24) is 0 Å². The third kappa shape index (κ3) is 3.88. The van der Waals surface area contributed by atoms with E-state index in [2.05, 4.69) is 6.92 Å². The molecule has 1 fully saturated rings. The Bertz CT molecular complexity index is 829. The van der Waals surface area contributed by atoms with Gasteiger partial charge in [0.15, 0.2) is 0 Å². The van der Waals surface area contributed by atoms with E-state index in [4.69, 9.17) is 0 Å². The van der Waals surface area contributed by atoms with Gasteiger partial charge in [-0.05, 0) is 73.6 Å². The Morgan fingerprint density at radius 3 is 1.93 bits per heavy atom. The Morgan fingerprint density at radius 1 is 0.857 bits per heavy atom. The van der Waals surface area contributed by atoms with E-state index in [1.165, 1.54) is 17.0 Å². The molecule has 2 N–H and O–H groups in total. The number of hydrogen-bond donors (Lipinski definition) is 2. The second kappa shape index (κ2) is 8.46. The minimum Gasteiger partial charge on any atom is -0.508 e. The lowest BCUT2D eigenvalue weighted by Crippen LogP contribution is -2.30. The molecule has 0 aromatic heterocycles. The highest BCUT2D eigenvalue weighted by atomic mass is 16.3. The van der Waals surface area contributed by atoms with Gasteiger partial charge in [-0.15, -0.1) is 0 Å². The van der Waals surface area contributed by atoms with Gasteiger partial charge in [0.2, 0.25) is 11.8 Å². The fourth-order valence-corrected chi connectivity index (χ4v) is 4.16. The summed E-state index contributed by atoms with van der Waals surface area (Å²) >= 11 is 0. The molecule has 3 rings (SSSR count). The van der Waals surface area contributed by atoms with Crippen molar-refractivity contribution < 1.29 is 19.8 Å². The zero-order valence-corrected chi connectivity index (χ0v) is 16.3. The van der Waals surface area contributed by atoms with Crippen LogP contribution < -0.4 is 4.90 Å². The molecule has 1 heterocycles. The second-order valence-corrected chi connectivity index (χ2v) is 7.42. The van der Waals surface area contributed by atoms with Crippen molar-refractivity contribution in [2.75, 3.05) is 4.90 Å². The van der Waals surface area contributed by atoms with Crippen LogP contribution in [-0.4, -0.2) is 22.0 Å². The summed E-state index contributed by atoms with van der Waals surface area (Å²) in [4.78, 5) is 27.2. The first-order valence-corrected chi connectivity index (χ1v) is 9.92. The van der Waals surface area contributed by atoms with E-state index < -0.39 is 0 Å². The van der Waals surface area contributed by atoms with Crippen LogP contribution in [0.4, 0.5) is 5.69 Å². The van der Waals surface area contributed by atoms with Gasteiger partial charge in [-0.2, -0.15) is 0 Å².